The molecule has 13 heteroatoms. The number of rotatable bonds is 12. The average Bonchev–Trinajstić information content (AvgIpc) is 3.95. The molecule has 2 aliphatic rings. The van der Waals surface area contributed by atoms with E-state index < -0.39 is 23.1 Å². The van der Waals surface area contributed by atoms with E-state index in [4.69, 9.17) is 4.98 Å². The van der Waals surface area contributed by atoms with E-state index in [1.54, 1.807) is 12.1 Å². The maximum absolute atomic E-state index is 13.8. The van der Waals surface area contributed by atoms with Crippen LogP contribution in [0.2, 0.25) is 0 Å². The molecule has 0 atom stereocenters. The number of nitrogens with one attached hydrogen (secondary N) is 2. The summed E-state index contributed by atoms with van der Waals surface area (Å²) in [4.78, 5) is 64.1. The second-order valence-corrected chi connectivity index (χ2v) is 14.4. The molecule has 280 valence electrons. The number of pyridine rings is 1. The van der Waals surface area contributed by atoms with Crippen molar-refractivity contribution in [3.63, 3.8) is 0 Å². The minimum atomic E-state index is -1.30. The lowest BCUT2D eigenvalue weighted by atomic mass is 10.00. The highest BCUT2D eigenvalue weighted by molar-refractivity contribution is 6.06. The molecule has 12 nitrogen and oxygen atoms in total. The zero-order valence-corrected chi connectivity index (χ0v) is 30.6. The number of aromatic carboxylic acids is 1. The van der Waals surface area contributed by atoms with E-state index in [1.165, 1.54) is 22.9 Å². The van der Waals surface area contributed by atoms with Gasteiger partial charge in [0.15, 0.2) is 0 Å². The molecule has 0 radical (unpaired) electrons. The van der Waals surface area contributed by atoms with E-state index >= 15 is 0 Å². The van der Waals surface area contributed by atoms with Crippen molar-refractivity contribution in [3.05, 3.63) is 94.4 Å². The van der Waals surface area contributed by atoms with Crippen molar-refractivity contribution < 1.29 is 23.9 Å². The van der Waals surface area contributed by atoms with Gasteiger partial charge >= 0.3 is 5.97 Å². The Labute approximate surface area is 312 Å². The Morgan fingerprint density at radius 2 is 1.59 bits per heavy atom. The van der Waals surface area contributed by atoms with Crippen LogP contribution in [0.4, 0.5) is 16.0 Å². The zero-order chi connectivity index (χ0) is 38.1. The third-order valence-corrected chi connectivity index (χ3v) is 10.3. The Hall–Kier alpha value is -5.85. The van der Waals surface area contributed by atoms with Crippen LogP contribution in [0.25, 0.3) is 33.3 Å². The summed E-state index contributed by atoms with van der Waals surface area (Å²) in [5, 5.41) is 17.2. The number of hydrogen-bond acceptors (Lipinski definition) is 7. The summed E-state index contributed by atoms with van der Waals surface area (Å²) in [7, 11) is 0. The van der Waals surface area contributed by atoms with Crippen molar-refractivity contribution in [2.75, 3.05) is 30.3 Å². The third-order valence-electron chi connectivity index (χ3n) is 10.3. The highest BCUT2D eigenvalue weighted by atomic mass is 19.1. The van der Waals surface area contributed by atoms with Crippen molar-refractivity contribution in [2.24, 2.45) is 5.92 Å². The Morgan fingerprint density at radius 3 is 2.22 bits per heavy atom. The number of carbonyl (C=O) groups is 3. The van der Waals surface area contributed by atoms with Crippen LogP contribution >= 0.6 is 0 Å². The zero-order valence-electron chi connectivity index (χ0n) is 30.6. The van der Waals surface area contributed by atoms with Crippen molar-refractivity contribution in [1.82, 2.24) is 24.0 Å². The van der Waals surface area contributed by atoms with E-state index in [1.807, 2.05) is 37.1 Å². The maximum atomic E-state index is 13.8. The van der Waals surface area contributed by atoms with E-state index in [0.29, 0.717) is 37.6 Å². The van der Waals surface area contributed by atoms with Crippen LogP contribution in [-0.4, -0.2) is 66.5 Å². The largest absolute Gasteiger partial charge is 0.477 e. The van der Waals surface area contributed by atoms with Crippen LogP contribution in [0, 0.1) is 11.7 Å². The van der Waals surface area contributed by atoms with Gasteiger partial charge in [0.05, 0.1) is 5.56 Å². The van der Waals surface area contributed by atoms with Gasteiger partial charge < -0.3 is 29.8 Å². The van der Waals surface area contributed by atoms with Gasteiger partial charge in [-0.25, -0.2) is 14.2 Å². The van der Waals surface area contributed by atoms with Gasteiger partial charge in [0.25, 0.3) is 5.91 Å². The lowest BCUT2D eigenvalue weighted by Gasteiger charge is -2.34. The van der Waals surface area contributed by atoms with Gasteiger partial charge in [-0.2, -0.15) is 4.98 Å². The normalized spacial score (nSPS) is 14.8. The second kappa shape index (κ2) is 15.2. The van der Waals surface area contributed by atoms with E-state index in [2.05, 4.69) is 33.3 Å². The minimum Gasteiger partial charge on any atom is -0.477 e. The number of carboxylic acids is 1. The van der Waals surface area contributed by atoms with Crippen LogP contribution in [0.5, 0.6) is 0 Å². The lowest BCUT2D eigenvalue weighted by molar-refractivity contribution is -0.135. The van der Waals surface area contributed by atoms with Crippen LogP contribution in [0.3, 0.4) is 0 Å². The van der Waals surface area contributed by atoms with E-state index in [-0.39, 0.29) is 46.3 Å². The maximum Gasteiger partial charge on any atom is 0.353 e. The van der Waals surface area contributed by atoms with Gasteiger partial charge in [-0.05, 0) is 67.5 Å². The topological polar surface area (TPSA) is 151 Å². The number of carbonyl (C=O) groups excluding carboxylic acids is 2. The van der Waals surface area contributed by atoms with Gasteiger partial charge in [0, 0.05) is 72.9 Å². The summed E-state index contributed by atoms with van der Waals surface area (Å²) in [6.45, 7) is 8.10. The van der Waals surface area contributed by atoms with Crippen LogP contribution in [0.15, 0.2) is 71.9 Å². The Balaban J connectivity index is 1.18. The number of halogens is 1. The minimum absolute atomic E-state index is 0.0457. The molecular formula is C41H44FN7O5. The SMILES string of the molecule is CCCCNc1ncc2c(-c3ccc(NC(=O)c4cn(C5CC5)c(C(=O)O)c(-c5ccc(F)cc5)c4=O)cc3)cn(C3CCN(C(=O)C(C)C)CC3)c2n1. The summed E-state index contributed by atoms with van der Waals surface area (Å²) in [5.41, 5.74) is 1.92. The summed E-state index contributed by atoms with van der Waals surface area (Å²) < 4.78 is 17.5. The number of nitrogens with zero attached hydrogens (tertiary/aromatic N) is 5. The van der Waals surface area contributed by atoms with Crippen LogP contribution in [0.1, 0.15) is 92.2 Å². The number of anilines is 2. The van der Waals surface area contributed by atoms with Gasteiger partial charge in [0.2, 0.25) is 17.3 Å². The number of fused-ring (bicyclic) bond motifs is 1. The second-order valence-electron chi connectivity index (χ2n) is 14.4. The first-order chi connectivity index (χ1) is 26.0. The smallest absolute Gasteiger partial charge is 0.353 e. The number of hydrogen-bond donors (Lipinski definition) is 3. The molecule has 2 amide bonds. The third kappa shape index (κ3) is 7.35. The molecule has 4 heterocycles. The molecular weight excluding hydrogens is 689 g/mol. The number of amides is 2. The van der Waals surface area contributed by atoms with Gasteiger partial charge in [-0.15, -0.1) is 0 Å². The molecule has 5 aromatic rings. The number of likely N-dealkylation sites (tertiary alicyclic amines) is 1. The Morgan fingerprint density at radius 1 is 0.926 bits per heavy atom. The summed E-state index contributed by atoms with van der Waals surface area (Å²) in [6.07, 6.45) is 10.3. The van der Waals surface area contributed by atoms with Gasteiger partial charge in [-0.1, -0.05) is 51.5 Å². The summed E-state index contributed by atoms with van der Waals surface area (Å²) in [6, 6.07) is 12.2. The van der Waals surface area contributed by atoms with E-state index in [0.717, 1.165) is 66.5 Å². The fraction of sp³-hybridized carbons (Fsp3) is 0.366. The van der Waals surface area contributed by atoms with E-state index in [9.17, 15) is 28.7 Å². The van der Waals surface area contributed by atoms with Crippen molar-refractivity contribution in [2.45, 2.75) is 71.4 Å². The molecule has 54 heavy (non-hydrogen) atoms. The van der Waals surface area contributed by atoms with Crippen LogP contribution in [-0.2, 0) is 4.79 Å². The lowest BCUT2D eigenvalue weighted by Crippen LogP contribution is -2.41. The van der Waals surface area contributed by atoms with Crippen LogP contribution < -0.4 is 16.1 Å². The molecule has 3 N–H and O–H groups in total. The monoisotopic (exact) mass is 733 g/mol. The Bertz CT molecular complexity index is 2270. The predicted octanol–water partition coefficient (Wildman–Crippen LogP) is 7.38. The standard InChI is InChI=1S/C41H44FN7O5/c1-4-5-18-43-41-44-21-31-32(22-49(37(31)46-41)30-16-19-47(20-17-30)39(52)24(2)3)25-8-12-28(13-9-25)45-38(51)33-23-48(29-14-15-29)35(40(53)54)34(36(33)50)26-6-10-27(42)11-7-26/h6-13,21-24,29-30H,4-5,14-20H2,1-3H3,(H,45,51)(H,53,54)(H,43,44,46). The Kier molecular flexibility index (Phi) is 10.3. The number of unbranched alkanes of at least 4 members (excludes halogenated alkanes) is 1. The first-order valence-corrected chi connectivity index (χ1v) is 18.6. The molecule has 0 unspecified atom stereocenters. The predicted molar refractivity (Wildman–Crippen MR) is 205 cm³/mol. The quantitative estimate of drug-likeness (QED) is 0.112. The molecule has 2 aromatic carbocycles. The molecule has 7 rings (SSSR count). The number of piperidine rings is 1. The van der Waals surface area contributed by atoms with Crippen molar-refractivity contribution >= 4 is 40.5 Å². The summed E-state index contributed by atoms with van der Waals surface area (Å²) >= 11 is 0. The molecule has 2 fully saturated rings. The highest BCUT2D eigenvalue weighted by Crippen LogP contribution is 2.38. The molecule has 1 saturated heterocycles. The number of benzene rings is 2. The number of aromatic nitrogens is 4. The molecule has 1 aliphatic carbocycles. The average molecular weight is 734 g/mol. The van der Waals surface area contributed by atoms with Gasteiger partial charge in [-0.3, -0.25) is 14.4 Å². The highest BCUT2D eigenvalue weighted by Gasteiger charge is 2.33. The van der Waals surface area contributed by atoms with Crippen molar-refractivity contribution in [3.8, 4) is 22.3 Å². The first-order valence-electron chi connectivity index (χ1n) is 18.6. The fourth-order valence-electron chi connectivity index (χ4n) is 7.20. The molecule has 0 bridgehead atoms. The summed E-state index contributed by atoms with van der Waals surface area (Å²) in [5.74, 6) is -1.83. The molecule has 1 saturated carbocycles. The molecule has 0 spiro atoms. The number of carboxylic acid groups (broad SMARTS) is 1. The first kappa shape index (κ1) is 36.5. The fourth-order valence-corrected chi connectivity index (χ4v) is 7.20. The van der Waals surface area contributed by atoms with Crippen molar-refractivity contribution in [1.29, 1.82) is 0 Å². The molecule has 1 aliphatic heterocycles. The molecule has 3 aromatic heterocycles. The van der Waals surface area contributed by atoms with Gasteiger partial charge in [0.1, 0.15) is 22.7 Å².